The Morgan fingerprint density at radius 1 is 0.962 bits per heavy atom. The van der Waals surface area contributed by atoms with Crippen LogP contribution in [0.15, 0.2) is 71.7 Å². The molecule has 1 heterocycles. The number of fused-ring (bicyclic) bond motifs is 1. The van der Waals surface area contributed by atoms with Gasteiger partial charge < -0.3 is 10.1 Å². The molecule has 128 valence electrons. The lowest BCUT2D eigenvalue weighted by Gasteiger charge is -2.06. The van der Waals surface area contributed by atoms with E-state index in [2.05, 4.69) is 10.3 Å². The van der Waals surface area contributed by atoms with Gasteiger partial charge in [-0.15, -0.1) is 0 Å². The van der Waals surface area contributed by atoms with Crippen LogP contribution in [-0.4, -0.2) is 11.6 Å². The minimum absolute atomic E-state index is 0.234. The first-order valence-electron chi connectivity index (χ1n) is 8.13. The number of nitrogens with zero attached hydrogens (tertiary/aromatic N) is 1. The fraction of sp³-hybridized carbons (Fsp3) is 0.0476. The van der Waals surface area contributed by atoms with Gasteiger partial charge in [0.2, 0.25) is 0 Å². The van der Waals surface area contributed by atoms with E-state index in [4.69, 9.17) is 16.3 Å². The molecular formula is C21H15ClN2O2. The van der Waals surface area contributed by atoms with E-state index in [9.17, 15) is 4.79 Å². The molecule has 0 saturated heterocycles. The van der Waals surface area contributed by atoms with Crippen molar-refractivity contribution in [2.75, 3.05) is 5.32 Å². The Labute approximate surface area is 156 Å². The van der Waals surface area contributed by atoms with E-state index in [0.717, 1.165) is 17.0 Å². The Balaban J connectivity index is 1.59. The predicted molar refractivity (Wildman–Crippen MR) is 104 cm³/mol. The number of hydrogen-bond donors (Lipinski definition) is 1. The summed E-state index contributed by atoms with van der Waals surface area (Å²) in [5.41, 5.74) is 3.59. The molecule has 5 heteroatoms. The van der Waals surface area contributed by atoms with Gasteiger partial charge >= 0.3 is 0 Å². The highest BCUT2D eigenvalue weighted by atomic mass is 35.5. The Kier molecular flexibility index (Phi) is 4.19. The predicted octanol–water partition coefficient (Wildman–Crippen LogP) is 5.51. The Morgan fingerprint density at radius 3 is 2.54 bits per heavy atom. The number of aryl methyl sites for hydroxylation is 1. The van der Waals surface area contributed by atoms with E-state index in [1.165, 1.54) is 0 Å². The maximum atomic E-state index is 12.2. The van der Waals surface area contributed by atoms with Gasteiger partial charge in [0.05, 0.1) is 11.4 Å². The number of hydrogen-bond acceptors (Lipinski definition) is 3. The molecule has 4 rings (SSSR count). The van der Waals surface area contributed by atoms with Crippen molar-refractivity contribution >= 4 is 34.6 Å². The zero-order valence-electron chi connectivity index (χ0n) is 14.0. The molecule has 0 aliphatic carbocycles. The number of carbonyl (C=O) groups excluding carboxylic acids is 1. The van der Waals surface area contributed by atoms with Crippen molar-refractivity contribution in [1.29, 1.82) is 0 Å². The number of benzene rings is 3. The summed E-state index contributed by atoms with van der Waals surface area (Å²) in [4.78, 5) is 16.7. The molecule has 0 aromatic heterocycles. The van der Waals surface area contributed by atoms with Crippen LogP contribution in [-0.2, 0) is 4.79 Å². The quantitative estimate of drug-likeness (QED) is 0.667. The Morgan fingerprint density at radius 2 is 1.77 bits per heavy atom. The first-order valence-corrected chi connectivity index (χ1v) is 8.51. The number of anilines is 1. The average Bonchev–Trinajstić information content (AvgIpc) is 2.92. The van der Waals surface area contributed by atoms with Gasteiger partial charge in [0.25, 0.3) is 5.91 Å². The Hall–Kier alpha value is -3.11. The maximum absolute atomic E-state index is 12.2. The normalized spacial score (nSPS) is 14.2. The standard InChI is InChI=1S/C21H15ClN2O2/c1-13-3-2-4-17(11-13)26-16-8-6-15(7-9-16)23-20-18-12-14(22)5-10-19(18)24-21(20)25/h2-12H,1H3,(H,23,24,25). The number of aliphatic imine (C=N–C) groups is 1. The summed E-state index contributed by atoms with van der Waals surface area (Å²) >= 11 is 6.04. The molecule has 1 amide bonds. The van der Waals surface area contributed by atoms with Gasteiger partial charge in [0, 0.05) is 10.6 Å². The molecule has 1 aliphatic rings. The van der Waals surface area contributed by atoms with Crippen molar-refractivity contribution in [2.24, 2.45) is 4.99 Å². The third kappa shape index (κ3) is 3.32. The van der Waals surface area contributed by atoms with Crippen molar-refractivity contribution in [2.45, 2.75) is 6.92 Å². The number of amides is 1. The summed E-state index contributed by atoms with van der Waals surface area (Å²) in [5, 5.41) is 3.36. The van der Waals surface area contributed by atoms with Gasteiger partial charge in [-0.25, -0.2) is 4.99 Å². The molecule has 3 aromatic rings. The summed E-state index contributed by atoms with van der Waals surface area (Å²) in [5.74, 6) is 1.25. The van der Waals surface area contributed by atoms with Crippen LogP contribution < -0.4 is 10.1 Å². The molecule has 0 saturated carbocycles. The number of carbonyl (C=O) groups is 1. The molecule has 0 spiro atoms. The largest absolute Gasteiger partial charge is 0.457 e. The van der Waals surface area contributed by atoms with Crippen LogP contribution in [0.2, 0.25) is 5.02 Å². The van der Waals surface area contributed by atoms with Crippen molar-refractivity contribution in [3.8, 4) is 11.5 Å². The number of halogens is 1. The van der Waals surface area contributed by atoms with Crippen LogP contribution in [0, 0.1) is 6.92 Å². The third-order valence-corrected chi connectivity index (χ3v) is 4.24. The van der Waals surface area contributed by atoms with Gasteiger partial charge in [0.15, 0.2) is 0 Å². The minimum Gasteiger partial charge on any atom is -0.457 e. The van der Waals surface area contributed by atoms with E-state index < -0.39 is 0 Å². The zero-order valence-corrected chi connectivity index (χ0v) is 14.7. The van der Waals surface area contributed by atoms with E-state index in [-0.39, 0.29) is 5.91 Å². The van der Waals surface area contributed by atoms with Crippen molar-refractivity contribution in [3.63, 3.8) is 0 Å². The molecule has 1 N–H and O–H groups in total. The summed E-state index contributed by atoms with van der Waals surface area (Å²) in [6.45, 7) is 2.02. The lowest BCUT2D eigenvalue weighted by Crippen LogP contribution is -2.13. The molecule has 0 fully saturated rings. The molecule has 0 unspecified atom stereocenters. The van der Waals surface area contributed by atoms with Crippen molar-refractivity contribution in [1.82, 2.24) is 0 Å². The van der Waals surface area contributed by atoms with Gasteiger partial charge in [-0.3, -0.25) is 4.79 Å². The van der Waals surface area contributed by atoms with Gasteiger partial charge in [-0.05, 0) is 67.1 Å². The highest BCUT2D eigenvalue weighted by molar-refractivity contribution is 6.54. The van der Waals surface area contributed by atoms with Crippen LogP contribution in [0.5, 0.6) is 11.5 Å². The lowest BCUT2D eigenvalue weighted by atomic mass is 10.1. The van der Waals surface area contributed by atoms with Gasteiger partial charge in [-0.2, -0.15) is 0 Å². The molecule has 0 bridgehead atoms. The fourth-order valence-corrected chi connectivity index (χ4v) is 2.94. The van der Waals surface area contributed by atoms with Crippen LogP contribution in [0.1, 0.15) is 11.1 Å². The van der Waals surface area contributed by atoms with Gasteiger partial charge in [-0.1, -0.05) is 23.7 Å². The van der Waals surface area contributed by atoms with Crippen molar-refractivity contribution in [3.05, 3.63) is 82.9 Å². The topological polar surface area (TPSA) is 50.7 Å². The second-order valence-corrected chi connectivity index (χ2v) is 6.45. The fourth-order valence-electron chi connectivity index (χ4n) is 2.77. The zero-order chi connectivity index (χ0) is 18.1. The lowest BCUT2D eigenvalue weighted by molar-refractivity contribution is -0.110. The molecule has 1 aliphatic heterocycles. The van der Waals surface area contributed by atoms with Gasteiger partial charge in [0.1, 0.15) is 17.2 Å². The number of nitrogens with one attached hydrogen (secondary N) is 1. The molecule has 0 atom stereocenters. The number of rotatable bonds is 3. The monoisotopic (exact) mass is 362 g/mol. The smallest absolute Gasteiger partial charge is 0.275 e. The molecule has 4 nitrogen and oxygen atoms in total. The summed E-state index contributed by atoms with van der Waals surface area (Å²) in [6.07, 6.45) is 0. The molecule has 0 radical (unpaired) electrons. The summed E-state index contributed by atoms with van der Waals surface area (Å²) < 4.78 is 5.83. The van der Waals surface area contributed by atoms with Crippen LogP contribution in [0.3, 0.4) is 0 Å². The van der Waals surface area contributed by atoms with Crippen LogP contribution >= 0.6 is 11.6 Å². The summed E-state index contributed by atoms with van der Waals surface area (Å²) in [6, 6.07) is 20.4. The highest BCUT2D eigenvalue weighted by Crippen LogP contribution is 2.29. The average molecular weight is 363 g/mol. The maximum Gasteiger partial charge on any atom is 0.275 e. The van der Waals surface area contributed by atoms with E-state index in [0.29, 0.717) is 27.7 Å². The van der Waals surface area contributed by atoms with E-state index >= 15 is 0 Å². The van der Waals surface area contributed by atoms with Crippen molar-refractivity contribution < 1.29 is 9.53 Å². The third-order valence-electron chi connectivity index (χ3n) is 4.00. The SMILES string of the molecule is Cc1cccc(Oc2ccc(N=C3C(=O)Nc4ccc(Cl)cc43)cc2)c1. The second kappa shape index (κ2) is 6.65. The van der Waals surface area contributed by atoms with E-state index in [1.807, 2.05) is 55.5 Å². The Bertz CT molecular complexity index is 1030. The van der Waals surface area contributed by atoms with Crippen LogP contribution in [0.25, 0.3) is 0 Å². The highest BCUT2D eigenvalue weighted by Gasteiger charge is 2.26. The van der Waals surface area contributed by atoms with E-state index in [1.54, 1.807) is 18.2 Å². The molecule has 26 heavy (non-hydrogen) atoms. The molecular weight excluding hydrogens is 348 g/mol. The minimum atomic E-state index is -0.234. The number of ether oxygens (including phenoxy) is 1. The first-order chi connectivity index (χ1) is 12.6. The van der Waals surface area contributed by atoms with Crippen LogP contribution in [0.4, 0.5) is 11.4 Å². The first kappa shape index (κ1) is 16.4. The molecule has 3 aromatic carbocycles. The second-order valence-electron chi connectivity index (χ2n) is 6.02. The summed E-state index contributed by atoms with van der Waals surface area (Å²) in [7, 11) is 0.